The van der Waals surface area contributed by atoms with Crippen LogP contribution < -0.4 is 10.2 Å². The van der Waals surface area contributed by atoms with Crippen LogP contribution in [0.2, 0.25) is 0 Å². The van der Waals surface area contributed by atoms with E-state index in [0.29, 0.717) is 6.04 Å². The molecule has 0 aromatic heterocycles. The van der Waals surface area contributed by atoms with Crippen LogP contribution in [0.4, 0.5) is 10.1 Å². The van der Waals surface area contributed by atoms with Crippen LogP contribution in [-0.4, -0.2) is 45.2 Å². The molecule has 1 saturated heterocycles. The normalized spacial score (nSPS) is 19.1. The van der Waals surface area contributed by atoms with Gasteiger partial charge in [0.15, 0.2) is 0 Å². The van der Waals surface area contributed by atoms with Crippen molar-refractivity contribution in [2.24, 2.45) is 0 Å². The molecule has 1 unspecified atom stereocenters. The van der Waals surface area contributed by atoms with Gasteiger partial charge in [0.2, 0.25) is 0 Å². The number of rotatable bonds is 4. The molecule has 1 fully saturated rings. The molecule has 1 N–H and O–H groups in total. The zero-order valence-corrected chi connectivity index (χ0v) is 13.0. The number of anilines is 1. The molecule has 0 amide bonds. The van der Waals surface area contributed by atoms with Crippen molar-refractivity contribution in [3.63, 3.8) is 0 Å². The summed E-state index contributed by atoms with van der Waals surface area (Å²) in [5, 5.41) is 3.15. The van der Waals surface area contributed by atoms with Gasteiger partial charge in [0.1, 0.15) is 5.82 Å². The number of hydrogen-bond donors (Lipinski definition) is 1. The SMILES string of the molecule is CNC(C)c1c(F)cccc1N(C)C1CCN(C)CC1. The Morgan fingerprint density at radius 1 is 1.35 bits per heavy atom. The van der Waals surface area contributed by atoms with Gasteiger partial charge in [-0.1, -0.05) is 6.07 Å². The van der Waals surface area contributed by atoms with Crippen LogP contribution in [0.25, 0.3) is 0 Å². The van der Waals surface area contributed by atoms with Crippen molar-refractivity contribution in [2.75, 3.05) is 39.1 Å². The molecular weight excluding hydrogens is 253 g/mol. The van der Waals surface area contributed by atoms with E-state index < -0.39 is 0 Å². The summed E-state index contributed by atoms with van der Waals surface area (Å²) in [6, 6.07) is 5.90. The molecule has 1 aliphatic rings. The minimum atomic E-state index is -0.121. The Morgan fingerprint density at radius 2 is 2.00 bits per heavy atom. The molecule has 112 valence electrons. The summed E-state index contributed by atoms with van der Waals surface area (Å²) < 4.78 is 14.2. The first-order valence-electron chi connectivity index (χ1n) is 7.41. The highest BCUT2D eigenvalue weighted by Crippen LogP contribution is 2.31. The zero-order chi connectivity index (χ0) is 14.7. The second-order valence-corrected chi connectivity index (χ2v) is 5.83. The fourth-order valence-corrected chi connectivity index (χ4v) is 2.99. The summed E-state index contributed by atoms with van der Waals surface area (Å²) in [6.07, 6.45) is 2.27. The van der Waals surface area contributed by atoms with Gasteiger partial charge in [-0.05, 0) is 59.1 Å². The van der Waals surface area contributed by atoms with Crippen LogP contribution in [0.3, 0.4) is 0 Å². The van der Waals surface area contributed by atoms with Crippen molar-refractivity contribution in [1.29, 1.82) is 0 Å². The van der Waals surface area contributed by atoms with E-state index in [-0.39, 0.29) is 11.9 Å². The largest absolute Gasteiger partial charge is 0.371 e. The van der Waals surface area contributed by atoms with E-state index in [1.807, 2.05) is 26.1 Å². The molecule has 0 spiro atoms. The maximum Gasteiger partial charge on any atom is 0.130 e. The fraction of sp³-hybridized carbons (Fsp3) is 0.625. The molecule has 0 radical (unpaired) electrons. The van der Waals surface area contributed by atoms with Gasteiger partial charge in [-0.15, -0.1) is 0 Å². The molecule has 1 atom stereocenters. The second-order valence-electron chi connectivity index (χ2n) is 5.83. The van der Waals surface area contributed by atoms with Gasteiger partial charge in [0.05, 0.1) is 0 Å². The van der Waals surface area contributed by atoms with E-state index in [9.17, 15) is 4.39 Å². The van der Waals surface area contributed by atoms with E-state index in [2.05, 4.69) is 29.2 Å². The molecule has 2 rings (SSSR count). The Hall–Kier alpha value is -1.13. The summed E-state index contributed by atoms with van der Waals surface area (Å²) in [6.45, 7) is 4.23. The number of nitrogens with zero attached hydrogens (tertiary/aromatic N) is 2. The van der Waals surface area contributed by atoms with Gasteiger partial charge in [-0.2, -0.15) is 0 Å². The Bertz CT molecular complexity index is 441. The molecule has 3 nitrogen and oxygen atoms in total. The van der Waals surface area contributed by atoms with Crippen molar-refractivity contribution in [2.45, 2.75) is 31.8 Å². The zero-order valence-electron chi connectivity index (χ0n) is 13.0. The number of likely N-dealkylation sites (tertiary alicyclic amines) is 1. The minimum absolute atomic E-state index is 0.0138. The van der Waals surface area contributed by atoms with Crippen LogP contribution in [0.15, 0.2) is 18.2 Å². The standard InChI is InChI=1S/C16H26FN3/c1-12(18-2)16-14(17)6-5-7-15(16)20(4)13-8-10-19(3)11-9-13/h5-7,12-13,18H,8-11H2,1-4H3. The van der Waals surface area contributed by atoms with Crippen LogP contribution >= 0.6 is 0 Å². The molecule has 20 heavy (non-hydrogen) atoms. The summed E-state index contributed by atoms with van der Waals surface area (Å²) in [5.74, 6) is -0.121. The van der Waals surface area contributed by atoms with E-state index >= 15 is 0 Å². The summed E-state index contributed by atoms with van der Waals surface area (Å²) in [4.78, 5) is 4.62. The lowest BCUT2D eigenvalue weighted by molar-refractivity contribution is 0.252. The van der Waals surface area contributed by atoms with Gasteiger partial charge < -0.3 is 15.1 Å². The molecule has 1 aromatic carbocycles. The number of hydrogen-bond acceptors (Lipinski definition) is 3. The van der Waals surface area contributed by atoms with Crippen LogP contribution in [0.1, 0.15) is 31.4 Å². The third-order valence-corrected chi connectivity index (χ3v) is 4.51. The van der Waals surface area contributed by atoms with Crippen molar-refractivity contribution < 1.29 is 4.39 Å². The predicted octanol–water partition coefficient (Wildman–Crippen LogP) is 2.64. The van der Waals surface area contributed by atoms with Gasteiger partial charge in [0, 0.05) is 30.4 Å². The van der Waals surface area contributed by atoms with Crippen LogP contribution in [0, 0.1) is 5.82 Å². The first-order valence-corrected chi connectivity index (χ1v) is 7.41. The highest BCUT2D eigenvalue weighted by Gasteiger charge is 2.24. The van der Waals surface area contributed by atoms with E-state index in [0.717, 1.165) is 37.2 Å². The highest BCUT2D eigenvalue weighted by molar-refractivity contribution is 5.55. The average molecular weight is 279 g/mol. The fourth-order valence-electron chi connectivity index (χ4n) is 2.99. The summed E-state index contributed by atoms with van der Waals surface area (Å²) >= 11 is 0. The number of halogens is 1. The molecule has 0 aliphatic carbocycles. The number of benzene rings is 1. The molecule has 1 aliphatic heterocycles. The average Bonchev–Trinajstić information content (AvgIpc) is 2.46. The smallest absolute Gasteiger partial charge is 0.130 e. The topological polar surface area (TPSA) is 18.5 Å². The lowest BCUT2D eigenvalue weighted by Crippen LogP contribution is -2.42. The molecule has 1 aromatic rings. The third kappa shape index (κ3) is 3.13. The Kier molecular flexibility index (Phi) is 5.00. The maximum atomic E-state index is 14.2. The Morgan fingerprint density at radius 3 is 2.60 bits per heavy atom. The number of nitrogens with one attached hydrogen (secondary N) is 1. The van der Waals surface area contributed by atoms with Crippen LogP contribution in [0.5, 0.6) is 0 Å². The second kappa shape index (κ2) is 6.55. The van der Waals surface area contributed by atoms with Gasteiger partial charge in [-0.3, -0.25) is 0 Å². The van der Waals surface area contributed by atoms with Gasteiger partial charge >= 0.3 is 0 Å². The van der Waals surface area contributed by atoms with Gasteiger partial charge in [-0.25, -0.2) is 4.39 Å². The summed E-state index contributed by atoms with van der Waals surface area (Å²) in [5.41, 5.74) is 1.79. The van der Waals surface area contributed by atoms with Crippen molar-refractivity contribution in [1.82, 2.24) is 10.2 Å². The molecule has 0 bridgehead atoms. The third-order valence-electron chi connectivity index (χ3n) is 4.51. The Balaban J connectivity index is 2.25. The monoisotopic (exact) mass is 279 g/mol. The lowest BCUT2D eigenvalue weighted by Gasteiger charge is -2.37. The summed E-state index contributed by atoms with van der Waals surface area (Å²) in [7, 11) is 6.13. The van der Waals surface area contributed by atoms with Crippen LogP contribution in [-0.2, 0) is 0 Å². The lowest BCUT2D eigenvalue weighted by atomic mass is 9.99. The highest BCUT2D eigenvalue weighted by atomic mass is 19.1. The first kappa shape index (κ1) is 15.3. The van der Waals surface area contributed by atoms with E-state index in [1.54, 1.807) is 6.07 Å². The van der Waals surface area contributed by atoms with Crippen molar-refractivity contribution in [3.05, 3.63) is 29.6 Å². The van der Waals surface area contributed by atoms with E-state index in [4.69, 9.17) is 0 Å². The van der Waals surface area contributed by atoms with Crippen molar-refractivity contribution >= 4 is 5.69 Å². The number of piperidine rings is 1. The van der Waals surface area contributed by atoms with Gasteiger partial charge in [0.25, 0.3) is 0 Å². The predicted molar refractivity (Wildman–Crippen MR) is 82.8 cm³/mol. The molecular formula is C16H26FN3. The molecule has 1 heterocycles. The van der Waals surface area contributed by atoms with Crippen molar-refractivity contribution in [3.8, 4) is 0 Å². The minimum Gasteiger partial charge on any atom is -0.371 e. The van der Waals surface area contributed by atoms with E-state index in [1.165, 1.54) is 0 Å². The molecule has 4 heteroatoms. The quantitative estimate of drug-likeness (QED) is 0.914. The molecule has 0 saturated carbocycles. The first-order chi connectivity index (χ1) is 9.54. The maximum absolute atomic E-state index is 14.2. The Labute approximate surface area is 121 Å².